The van der Waals surface area contributed by atoms with Crippen molar-refractivity contribution in [2.75, 3.05) is 65.6 Å². The number of benzene rings is 2. The maximum absolute atomic E-state index is 12.7. The summed E-state index contributed by atoms with van der Waals surface area (Å²) in [4.78, 5) is 25.3. The molecule has 0 aromatic heterocycles. The Morgan fingerprint density at radius 1 is 0.561 bits per heavy atom. The van der Waals surface area contributed by atoms with Crippen LogP contribution in [0.3, 0.4) is 0 Å². The van der Waals surface area contributed by atoms with Crippen LogP contribution in [0.2, 0.25) is 0 Å². The Balaban J connectivity index is 2.16. The molecule has 0 heterocycles. The number of ether oxygens (including phenoxy) is 4. The van der Waals surface area contributed by atoms with E-state index in [0.29, 0.717) is 24.2 Å². The van der Waals surface area contributed by atoms with E-state index in [0.717, 1.165) is 83.7 Å². The van der Waals surface area contributed by atoms with E-state index in [9.17, 15) is 9.59 Å². The molecule has 2 aromatic rings. The van der Waals surface area contributed by atoms with Crippen LogP contribution in [0, 0.1) is 0 Å². The summed E-state index contributed by atoms with van der Waals surface area (Å²) in [5.74, 6) is 0.726. The lowest BCUT2D eigenvalue weighted by atomic mass is 9.78. The largest absolute Gasteiger partial charge is 0.489 e. The van der Waals surface area contributed by atoms with Crippen LogP contribution in [0.4, 0.5) is 0 Å². The molecule has 0 amide bonds. The summed E-state index contributed by atoms with van der Waals surface area (Å²) in [6.45, 7) is 36.8. The Hall–Kier alpha value is -3.62. The van der Waals surface area contributed by atoms with E-state index in [-0.39, 0.29) is 42.8 Å². The molecule has 0 aliphatic carbocycles. The van der Waals surface area contributed by atoms with Crippen LogP contribution >= 0.6 is 0 Å². The molecule has 320 valence electrons. The van der Waals surface area contributed by atoms with Gasteiger partial charge in [-0.3, -0.25) is 0 Å². The quantitative estimate of drug-likeness (QED) is 0.0340. The standard InChI is InChI=1S/C49H80N2O6/c1-13-19-21-23-33-50(15-3,16-4)35-45(56-47(52)39(7)8)37-54-43-29-25-41(26-30-43)49(11,12)42-27-31-44(32-28-42)55-38-46(57-48(53)40(9)10)36-51(17-5,18-6)34-24-22-20-14-2/h25-32,45-46H,7,9,13-24,33-38H2,1-6,8,10-12H3/q+2. The number of carbonyl (C=O) groups excluding carboxylic acids is 2. The van der Waals surface area contributed by atoms with Gasteiger partial charge in [-0.1, -0.05) is 90.8 Å². The molecule has 57 heavy (non-hydrogen) atoms. The summed E-state index contributed by atoms with van der Waals surface area (Å²) in [6, 6.07) is 16.4. The Labute approximate surface area is 347 Å². The Morgan fingerprint density at radius 2 is 0.895 bits per heavy atom. The number of carbonyl (C=O) groups is 2. The Kier molecular flexibility index (Phi) is 21.7. The second-order valence-electron chi connectivity index (χ2n) is 16.8. The van der Waals surface area contributed by atoms with E-state index in [1.165, 1.54) is 38.5 Å². The highest BCUT2D eigenvalue weighted by atomic mass is 16.6. The molecule has 0 spiro atoms. The summed E-state index contributed by atoms with van der Waals surface area (Å²) in [7, 11) is 0. The number of quaternary nitrogens is 2. The van der Waals surface area contributed by atoms with Crippen molar-refractivity contribution in [1.29, 1.82) is 0 Å². The number of nitrogens with zero attached hydrogens (tertiary/aromatic N) is 2. The summed E-state index contributed by atoms with van der Waals surface area (Å²) in [5.41, 5.74) is 2.79. The molecule has 0 fully saturated rings. The minimum absolute atomic E-state index is 0.279. The zero-order valence-electron chi connectivity index (χ0n) is 37.8. The molecule has 0 saturated heterocycles. The first kappa shape index (κ1) is 49.5. The van der Waals surface area contributed by atoms with Crippen molar-refractivity contribution in [3.05, 3.63) is 84.0 Å². The van der Waals surface area contributed by atoms with Gasteiger partial charge in [0.05, 0.1) is 39.3 Å². The third-order valence-corrected chi connectivity index (χ3v) is 12.1. The highest BCUT2D eigenvalue weighted by Crippen LogP contribution is 2.33. The van der Waals surface area contributed by atoms with Gasteiger partial charge < -0.3 is 27.9 Å². The molecular formula is C49H80N2O6+2. The zero-order valence-corrected chi connectivity index (χ0v) is 37.8. The predicted molar refractivity (Wildman–Crippen MR) is 236 cm³/mol. The average molecular weight is 793 g/mol. The van der Waals surface area contributed by atoms with Crippen LogP contribution in [-0.4, -0.2) is 98.7 Å². The molecule has 8 heteroatoms. The van der Waals surface area contributed by atoms with Crippen molar-refractivity contribution in [2.45, 2.75) is 138 Å². The van der Waals surface area contributed by atoms with Gasteiger partial charge in [0.1, 0.15) is 37.8 Å². The maximum atomic E-state index is 12.7. The average Bonchev–Trinajstić information content (AvgIpc) is 3.21. The van der Waals surface area contributed by atoms with Gasteiger partial charge in [-0.2, -0.15) is 0 Å². The lowest BCUT2D eigenvalue weighted by Gasteiger charge is -2.39. The Bertz CT molecular complexity index is 1380. The lowest BCUT2D eigenvalue weighted by Crippen LogP contribution is -2.54. The highest BCUT2D eigenvalue weighted by molar-refractivity contribution is 5.87. The van der Waals surface area contributed by atoms with E-state index in [4.69, 9.17) is 18.9 Å². The topological polar surface area (TPSA) is 71.1 Å². The van der Waals surface area contributed by atoms with E-state index >= 15 is 0 Å². The molecular weight excluding hydrogens is 713 g/mol. The zero-order chi connectivity index (χ0) is 42.5. The minimum atomic E-state index is -0.388. The number of unbranched alkanes of at least 4 members (excludes halogenated alkanes) is 6. The first-order valence-electron chi connectivity index (χ1n) is 22.0. The molecule has 2 atom stereocenters. The number of hydrogen-bond donors (Lipinski definition) is 0. The predicted octanol–water partition coefficient (Wildman–Crippen LogP) is 10.6. The third-order valence-electron chi connectivity index (χ3n) is 12.1. The van der Waals surface area contributed by atoms with Crippen LogP contribution in [0.25, 0.3) is 0 Å². The molecule has 0 saturated carbocycles. The third kappa shape index (κ3) is 16.3. The van der Waals surface area contributed by atoms with E-state index in [1.807, 2.05) is 24.3 Å². The summed E-state index contributed by atoms with van der Waals surface area (Å²) < 4.78 is 26.3. The Morgan fingerprint density at radius 3 is 1.18 bits per heavy atom. The normalized spacial score (nSPS) is 13.1. The molecule has 0 radical (unpaired) electrons. The van der Waals surface area contributed by atoms with Crippen molar-refractivity contribution in [2.24, 2.45) is 0 Å². The van der Waals surface area contributed by atoms with Gasteiger partial charge in [0, 0.05) is 16.6 Å². The fourth-order valence-corrected chi connectivity index (χ4v) is 7.62. The molecule has 2 aromatic carbocycles. The molecule has 0 aliphatic rings. The lowest BCUT2D eigenvalue weighted by molar-refractivity contribution is -0.927. The van der Waals surface area contributed by atoms with Crippen molar-refractivity contribution in [3.8, 4) is 11.5 Å². The first-order valence-corrected chi connectivity index (χ1v) is 22.0. The van der Waals surface area contributed by atoms with Gasteiger partial charge >= 0.3 is 11.9 Å². The molecule has 8 nitrogen and oxygen atoms in total. The van der Waals surface area contributed by atoms with Crippen LogP contribution in [0.15, 0.2) is 72.8 Å². The molecule has 2 rings (SSSR count). The highest BCUT2D eigenvalue weighted by Gasteiger charge is 2.32. The van der Waals surface area contributed by atoms with Gasteiger partial charge in [0.2, 0.25) is 0 Å². The summed E-state index contributed by atoms with van der Waals surface area (Å²) >= 11 is 0. The van der Waals surface area contributed by atoms with Gasteiger partial charge in [0.15, 0.2) is 12.2 Å². The van der Waals surface area contributed by atoms with Gasteiger partial charge in [-0.15, -0.1) is 0 Å². The van der Waals surface area contributed by atoms with Crippen LogP contribution < -0.4 is 9.47 Å². The molecule has 0 N–H and O–H groups in total. The fraction of sp³-hybridized carbons (Fsp3) is 0.633. The summed E-state index contributed by atoms with van der Waals surface area (Å²) in [5, 5.41) is 0. The maximum Gasteiger partial charge on any atom is 0.333 e. The van der Waals surface area contributed by atoms with Crippen LogP contribution in [0.1, 0.15) is 132 Å². The number of esters is 2. The SMILES string of the molecule is C=C(C)C(=O)OC(COc1ccc(C(C)(C)c2ccc(OCC(C[N+](CC)(CC)CCCCCC)OC(=O)C(=C)C)cc2)cc1)C[N+](CC)(CC)CCCCCC. The fourth-order valence-electron chi connectivity index (χ4n) is 7.62. The summed E-state index contributed by atoms with van der Waals surface area (Å²) in [6.07, 6.45) is 8.88. The van der Waals surface area contributed by atoms with E-state index < -0.39 is 0 Å². The van der Waals surface area contributed by atoms with Crippen molar-refractivity contribution in [3.63, 3.8) is 0 Å². The molecule has 0 bridgehead atoms. The van der Waals surface area contributed by atoms with Crippen molar-refractivity contribution in [1.82, 2.24) is 0 Å². The monoisotopic (exact) mass is 793 g/mol. The second kappa shape index (κ2) is 25.0. The van der Waals surface area contributed by atoms with Crippen molar-refractivity contribution >= 4 is 11.9 Å². The van der Waals surface area contributed by atoms with Gasteiger partial charge in [-0.05, 0) is 103 Å². The second-order valence-corrected chi connectivity index (χ2v) is 16.8. The van der Waals surface area contributed by atoms with Gasteiger partial charge in [0.25, 0.3) is 0 Å². The minimum Gasteiger partial charge on any atom is -0.489 e. The van der Waals surface area contributed by atoms with Crippen LogP contribution in [-0.2, 0) is 24.5 Å². The number of likely N-dealkylation sites (N-methyl/N-ethyl adjacent to an activating group) is 2. The van der Waals surface area contributed by atoms with E-state index in [2.05, 4.69) is 92.8 Å². The van der Waals surface area contributed by atoms with Crippen LogP contribution in [0.5, 0.6) is 11.5 Å². The smallest absolute Gasteiger partial charge is 0.333 e. The number of rotatable bonds is 30. The molecule has 0 aliphatic heterocycles. The van der Waals surface area contributed by atoms with Crippen molar-refractivity contribution < 1.29 is 37.5 Å². The number of hydrogen-bond acceptors (Lipinski definition) is 6. The van der Waals surface area contributed by atoms with E-state index in [1.54, 1.807) is 13.8 Å². The first-order chi connectivity index (χ1) is 27.1. The molecule has 2 unspecified atom stereocenters. The van der Waals surface area contributed by atoms with Gasteiger partial charge in [-0.25, -0.2) is 9.59 Å².